The van der Waals surface area contributed by atoms with Crippen molar-refractivity contribution in [1.29, 1.82) is 0 Å². The van der Waals surface area contributed by atoms with E-state index in [2.05, 4.69) is 44.9 Å². The summed E-state index contributed by atoms with van der Waals surface area (Å²) in [5.41, 5.74) is 2.10. The van der Waals surface area contributed by atoms with E-state index in [4.69, 9.17) is 17.0 Å². The first kappa shape index (κ1) is 22.5. The van der Waals surface area contributed by atoms with Gasteiger partial charge in [0.15, 0.2) is 0 Å². The maximum absolute atomic E-state index is 10.6. The Labute approximate surface area is 166 Å². The average molecular weight is 452 g/mol. The summed E-state index contributed by atoms with van der Waals surface area (Å²) in [6.07, 6.45) is 8.07. The normalized spacial score (nSPS) is 16.3. The molecule has 24 heavy (non-hydrogen) atoms. The zero-order valence-corrected chi connectivity index (χ0v) is 19.4. The molecule has 1 aromatic rings. The molecule has 1 fully saturated rings. The zero-order chi connectivity index (χ0) is 18.2. The molecule has 0 bridgehead atoms. The number of benzene rings is 1. The summed E-state index contributed by atoms with van der Waals surface area (Å²) in [7, 11) is 12.1. The molecule has 1 saturated carbocycles. The van der Waals surface area contributed by atoms with Gasteiger partial charge in [0.2, 0.25) is 0 Å². The van der Waals surface area contributed by atoms with E-state index in [-0.39, 0.29) is 5.41 Å². The van der Waals surface area contributed by atoms with Crippen LogP contribution < -0.4 is 0 Å². The van der Waals surface area contributed by atoms with Crippen LogP contribution in [0.25, 0.3) is 0 Å². The molecule has 0 unspecified atom stereocenters. The molecule has 5 heteroatoms. The van der Waals surface area contributed by atoms with Crippen molar-refractivity contribution in [2.24, 2.45) is 0 Å². The number of phenols is 1. The molecule has 0 amide bonds. The molecule has 136 valence electrons. The number of aromatic hydroxyl groups is 1. The van der Waals surface area contributed by atoms with Crippen molar-refractivity contribution in [2.45, 2.75) is 77.3 Å². The van der Waals surface area contributed by atoms with Crippen molar-refractivity contribution in [2.75, 3.05) is 7.05 Å². The molecule has 1 N–H and O–H groups in total. The summed E-state index contributed by atoms with van der Waals surface area (Å²) in [5, 5.41) is 10.6. The van der Waals surface area contributed by atoms with Crippen LogP contribution in [0.3, 0.4) is 0 Å². The monoisotopic (exact) mass is 449 g/mol. The first-order chi connectivity index (χ1) is 11.3. The quantitative estimate of drug-likeness (QED) is 0.552. The summed E-state index contributed by atoms with van der Waals surface area (Å²) in [6.45, 7) is 7.31. The fraction of sp³-hybridized carbons (Fsp3) is 0.684. The van der Waals surface area contributed by atoms with E-state index in [1.165, 1.54) is 38.5 Å². The third-order valence-corrected chi connectivity index (χ3v) is 4.80. The van der Waals surface area contributed by atoms with Crippen molar-refractivity contribution >= 4 is 17.0 Å². The molecule has 2 rings (SSSR count). The van der Waals surface area contributed by atoms with Gasteiger partial charge in [0.25, 0.3) is 0 Å². The van der Waals surface area contributed by atoms with Crippen molar-refractivity contribution in [3.63, 3.8) is 0 Å². The van der Waals surface area contributed by atoms with Crippen LogP contribution in [0, 0.1) is 0 Å². The van der Waals surface area contributed by atoms with E-state index in [1.54, 1.807) is 0 Å². The molecular formula is C19H31Cl2NOZr. The van der Waals surface area contributed by atoms with Crippen LogP contribution in [-0.2, 0) is 32.8 Å². The van der Waals surface area contributed by atoms with E-state index in [9.17, 15) is 5.11 Å². The molecule has 0 heterocycles. The second kappa shape index (κ2) is 11.2. The molecule has 1 aliphatic carbocycles. The summed E-state index contributed by atoms with van der Waals surface area (Å²) in [4.78, 5) is 2.44. The van der Waals surface area contributed by atoms with Crippen molar-refractivity contribution in [3.05, 3.63) is 29.3 Å². The van der Waals surface area contributed by atoms with E-state index >= 15 is 0 Å². The summed E-state index contributed by atoms with van der Waals surface area (Å²) in [5.74, 6) is 0.491. The molecule has 0 radical (unpaired) electrons. The van der Waals surface area contributed by atoms with Gasteiger partial charge in [-0.25, -0.2) is 0 Å². The summed E-state index contributed by atoms with van der Waals surface area (Å²) in [6, 6.07) is 6.86. The number of halogens is 2. The van der Waals surface area contributed by atoms with Crippen LogP contribution in [0.5, 0.6) is 5.75 Å². The summed E-state index contributed by atoms with van der Waals surface area (Å²) >= 11 is -0.826. The van der Waals surface area contributed by atoms with Crippen LogP contribution >= 0.6 is 17.0 Å². The SMILES string of the molecule is CN(Cc1cccc(C(C)(C)C)c1O)C1CCCCCC1.[Cl][Zr][Cl]. The first-order valence-corrected chi connectivity index (χ1v) is 15.1. The van der Waals surface area contributed by atoms with Crippen molar-refractivity contribution < 1.29 is 26.0 Å². The molecule has 0 aromatic heterocycles. The molecule has 0 spiro atoms. The van der Waals surface area contributed by atoms with Gasteiger partial charge in [-0.05, 0) is 30.9 Å². The van der Waals surface area contributed by atoms with Crippen LogP contribution in [0.4, 0.5) is 0 Å². The Morgan fingerprint density at radius 3 is 2.17 bits per heavy atom. The number of hydrogen-bond acceptors (Lipinski definition) is 2. The molecule has 1 aromatic carbocycles. The number of rotatable bonds is 3. The number of phenolic OH excluding ortho intramolecular Hbond substituents is 1. The Bertz CT molecular complexity index is 483. The minimum absolute atomic E-state index is 0.0129. The van der Waals surface area contributed by atoms with Crippen molar-refractivity contribution in [3.8, 4) is 5.75 Å². The second-order valence-corrected chi connectivity index (χ2v) is 11.4. The third-order valence-electron chi connectivity index (χ3n) is 4.80. The molecule has 0 saturated heterocycles. The summed E-state index contributed by atoms with van der Waals surface area (Å²) < 4.78 is 0. The van der Waals surface area contributed by atoms with Gasteiger partial charge in [0, 0.05) is 18.2 Å². The standard InChI is InChI=1S/C19H31NO.2ClH.Zr/c1-19(2,3)17-13-9-10-15(18(17)21)14-20(4)16-11-7-5-6-8-12-16;;;/h9-10,13,16,21H,5-8,11-12,14H2,1-4H3;2*1H;/q;;;+2/p-2. The number of nitrogens with zero attached hydrogens (tertiary/aromatic N) is 1. The zero-order valence-electron chi connectivity index (χ0n) is 15.4. The average Bonchev–Trinajstić information content (AvgIpc) is 2.78. The predicted octanol–water partition coefficient (Wildman–Crippen LogP) is 6.22. The molecule has 0 atom stereocenters. The third kappa shape index (κ3) is 7.36. The van der Waals surface area contributed by atoms with Gasteiger partial charge in [-0.1, -0.05) is 64.7 Å². The van der Waals surface area contributed by atoms with E-state index in [0.717, 1.165) is 17.7 Å². The Balaban J connectivity index is 0.000000891. The van der Waals surface area contributed by atoms with Crippen LogP contribution in [0.15, 0.2) is 18.2 Å². The van der Waals surface area contributed by atoms with Gasteiger partial charge in [-0.2, -0.15) is 0 Å². The number of para-hydroxylation sites is 1. The van der Waals surface area contributed by atoms with E-state index in [0.29, 0.717) is 11.8 Å². The second-order valence-electron chi connectivity index (χ2n) is 7.70. The Hall–Kier alpha value is 0.443. The van der Waals surface area contributed by atoms with Crippen LogP contribution in [-0.4, -0.2) is 23.1 Å². The molecule has 2 nitrogen and oxygen atoms in total. The van der Waals surface area contributed by atoms with Crippen molar-refractivity contribution in [1.82, 2.24) is 4.90 Å². The van der Waals surface area contributed by atoms with Crippen LogP contribution in [0.2, 0.25) is 0 Å². The van der Waals surface area contributed by atoms with Crippen LogP contribution in [0.1, 0.15) is 70.4 Å². The minimum atomic E-state index is -0.826. The Kier molecular flexibility index (Phi) is 10.5. The Morgan fingerprint density at radius 1 is 1.12 bits per heavy atom. The molecule has 1 aliphatic rings. The van der Waals surface area contributed by atoms with Gasteiger partial charge in [0.05, 0.1) is 0 Å². The van der Waals surface area contributed by atoms with E-state index < -0.39 is 20.8 Å². The topological polar surface area (TPSA) is 23.5 Å². The van der Waals surface area contributed by atoms with E-state index in [1.807, 2.05) is 6.07 Å². The van der Waals surface area contributed by atoms with Gasteiger partial charge in [-0.3, -0.25) is 4.90 Å². The first-order valence-electron chi connectivity index (χ1n) is 8.79. The number of hydrogen-bond donors (Lipinski definition) is 1. The predicted molar refractivity (Wildman–Crippen MR) is 101 cm³/mol. The maximum atomic E-state index is 10.6. The fourth-order valence-electron chi connectivity index (χ4n) is 3.42. The molecule has 0 aliphatic heterocycles. The van der Waals surface area contributed by atoms with Gasteiger partial charge >= 0.3 is 37.9 Å². The fourth-order valence-corrected chi connectivity index (χ4v) is 3.42. The van der Waals surface area contributed by atoms with Gasteiger partial charge in [0.1, 0.15) is 5.75 Å². The molecular weight excluding hydrogens is 420 g/mol. The van der Waals surface area contributed by atoms with Gasteiger partial charge < -0.3 is 5.11 Å². The Morgan fingerprint density at radius 2 is 1.67 bits per heavy atom. The van der Waals surface area contributed by atoms with Gasteiger partial charge in [-0.15, -0.1) is 0 Å².